The molecule has 0 unspecified atom stereocenters. The van der Waals surface area contributed by atoms with Gasteiger partial charge in [-0.05, 0) is 13.8 Å². The van der Waals surface area contributed by atoms with E-state index in [0.29, 0.717) is 5.69 Å². The zero-order valence-corrected chi connectivity index (χ0v) is 12.3. The highest BCUT2D eigenvalue weighted by Crippen LogP contribution is 2.13. The third kappa shape index (κ3) is 3.36. The summed E-state index contributed by atoms with van der Waals surface area (Å²) in [6.07, 6.45) is 3.89. The van der Waals surface area contributed by atoms with Gasteiger partial charge in [-0.25, -0.2) is 4.98 Å². The van der Waals surface area contributed by atoms with Crippen molar-refractivity contribution in [1.82, 2.24) is 14.3 Å². The topological polar surface area (TPSA) is 74.9 Å². The Morgan fingerprint density at radius 3 is 2.85 bits per heavy atom. The van der Waals surface area contributed by atoms with Crippen LogP contribution in [-0.4, -0.2) is 43.9 Å². The highest BCUT2D eigenvalue weighted by molar-refractivity contribution is 7.15. The number of rotatable bonds is 6. The number of hydrogen-bond acceptors (Lipinski definition) is 4. The van der Waals surface area contributed by atoms with Gasteiger partial charge in [-0.3, -0.25) is 14.0 Å². The van der Waals surface area contributed by atoms with E-state index in [-0.39, 0.29) is 31.3 Å². The fourth-order valence-corrected chi connectivity index (χ4v) is 2.72. The average molecular weight is 295 g/mol. The fourth-order valence-electron chi connectivity index (χ4n) is 2.00. The molecule has 0 saturated heterocycles. The van der Waals surface area contributed by atoms with Gasteiger partial charge in [0.25, 0.3) is 0 Å². The van der Waals surface area contributed by atoms with Gasteiger partial charge in [0, 0.05) is 30.4 Å². The van der Waals surface area contributed by atoms with Crippen molar-refractivity contribution in [2.75, 3.05) is 6.54 Å². The van der Waals surface area contributed by atoms with Crippen molar-refractivity contribution in [3.05, 3.63) is 23.5 Å². The molecule has 20 heavy (non-hydrogen) atoms. The van der Waals surface area contributed by atoms with Crippen molar-refractivity contribution in [1.29, 1.82) is 0 Å². The Bertz CT molecular complexity index is 589. The van der Waals surface area contributed by atoms with E-state index in [0.717, 1.165) is 4.96 Å². The van der Waals surface area contributed by atoms with Crippen molar-refractivity contribution in [3.63, 3.8) is 0 Å². The first kappa shape index (κ1) is 14.5. The van der Waals surface area contributed by atoms with Crippen LogP contribution in [0.15, 0.2) is 17.8 Å². The number of carbonyl (C=O) groups excluding carboxylic acids is 1. The second-order valence-corrected chi connectivity index (χ2v) is 5.70. The van der Waals surface area contributed by atoms with Crippen LogP contribution in [0.4, 0.5) is 0 Å². The second kappa shape index (κ2) is 6.04. The molecule has 0 aliphatic carbocycles. The van der Waals surface area contributed by atoms with Gasteiger partial charge in [-0.15, -0.1) is 11.3 Å². The molecule has 0 aliphatic heterocycles. The third-order valence-corrected chi connectivity index (χ3v) is 3.76. The number of amides is 1. The quantitative estimate of drug-likeness (QED) is 0.879. The molecule has 108 valence electrons. The molecule has 0 atom stereocenters. The summed E-state index contributed by atoms with van der Waals surface area (Å²) < 4.78 is 1.88. The molecule has 0 aromatic carbocycles. The van der Waals surface area contributed by atoms with Gasteiger partial charge >= 0.3 is 5.97 Å². The number of nitrogens with zero attached hydrogens (tertiary/aromatic N) is 3. The molecule has 6 nitrogen and oxygen atoms in total. The fraction of sp³-hybridized carbons (Fsp3) is 0.462. The van der Waals surface area contributed by atoms with Crippen LogP contribution in [0, 0.1) is 0 Å². The maximum absolute atomic E-state index is 12.3. The molecule has 0 saturated carbocycles. The van der Waals surface area contributed by atoms with Crippen molar-refractivity contribution in [2.45, 2.75) is 32.7 Å². The number of fused-ring (bicyclic) bond motifs is 1. The summed E-state index contributed by atoms with van der Waals surface area (Å²) in [5.41, 5.74) is 0.711. The minimum absolute atomic E-state index is 0.0226. The van der Waals surface area contributed by atoms with Gasteiger partial charge in [-0.2, -0.15) is 0 Å². The number of carboxylic acid groups (broad SMARTS) is 1. The summed E-state index contributed by atoms with van der Waals surface area (Å²) in [6.45, 7) is 3.99. The van der Waals surface area contributed by atoms with Crippen molar-refractivity contribution in [3.8, 4) is 0 Å². The van der Waals surface area contributed by atoms with Crippen LogP contribution in [0.25, 0.3) is 4.96 Å². The van der Waals surface area contributed by atoms with E-state index in [1.165, 1.54) is 11.3 Å². The standard InChI is InChI=1S/C13H17N3O3S/c1-9(2)16(4-3-12(18)19)11(17)7-10-8-15-5-6-20-13(15)14-10/h5-6,8-9H,3-4,7H2,1-2H3,(H,18,19). The summed E-state index contributed by atoms with van der Waals surface area (Å²) in [4.78, 5) is 29.7. The first-order chi connectivity index (χ1) is 9.47. The Labute approximate surface area is 120 Å². The Morgan fingerprint density at radius 1 is 1.50 bits per heavy atom. The van der Waals surface area contributed by atoms with Crippen molar-refractivity contribution >= 4 is 28.2 Å². The van der Waals surface area contributed by atoms with Crippen LogP contribution < -0.4 is 0 Å². The number of carboxylic acids is 1. The highest BCUT2D eigenvalue weighted by atomic mass is 32.1. The molecular weight excluding hydrogens is 278 g/mol. The molecule has 0 fully saturated rings. The Hall–Kier alpha value is -1.89. The van der Waals surface area contributed by atoms with Gasteiger partial charge in [0.15, 0.2) is 4.96 Å². The van der Waals surface area contributed by atoms with Crippen LogP contribution in [-0.2, 0) is 16.0 Å². The first-order valence-corrected chi connectivity index (χ1v) is 7.27. The Balaban J connectivity index is 2.03. The average Bonchev–Trinajstić information content (AvgIpc) is 2.88. The molecule has 1 amide bonds. The molecule has 7 heteroatoms. The normalized spacial score (nSPS) is 11.2. The Morgan fingerprint density at radius 2 is 2.25 bits per heavy atom. The van der Waals surface area contributed by atoms with E-state index in [1.807, 2.05) is 36.0 Å². The monoisotopic (exact) mass is 295 g/mol. The lowest BCUT2D eigenvalue weighted by Gasteiger charge is -2.25. The number of imidazole rings is 1. The van der Waals surface area contributed by atoms with Crippen LogP contribution in [0.3, 0.4) is 0 Å². The van der Waals surface area contributed by atoms with Crippen LogP contribution in [0.2, 0.25) is 0 Å². The highest BCUT2D eigenvalue weighted by Gasteiger charge is 2.19. The van der Waals surface area contributed by atoms with E-state index in [2.05, 4.69) is 4.98 Å². The number of carbonyl (C=O) groups is 2. The van der Waals surface area contributed by atoms with Gasteiger partial charge < -0.3 is 10.0 Å². The minimum atomic E-state index is -0.897. The minimum Gasteiger partial charge on any atom is -0.481 e. The van der Waals surface area contributed by atoms with Crippen LogP contribution in [0.5, 0.6) is 0 Å². The van der Waals surface area contributed by atoms with Crippen LogP contribution >= 0.6 is 11.3 Å². The van der Waals surface area contributed by atoms with Crippen LogP contribution in [0.1, 0.15) is 26.0 Å². The number of aliphatic carboxylic acids is 1. The lowest BCUT2D eigenvalue weighted by Crippen LogP contribution is -2.39. The zero-order chi connectivity index (χ0) is 14.7. The molecule has 0 spiro atoms. The molecule has 0 aliphatic rings. The van der Waals surface area contributed by atoms with E-state index >= 15 is 0 Å². The predicted octanol–water partition coefficient (Wildman–Crippen LogP) is 1.65. The zero-order valence-electron chi connectivity index (χ0n) is 11.4. The summed E-state index contributed by atoms with van der Waals surface area (Å²) in [6, 6.07) is -0.0226. The van der Waals surface area contributed by atoms with E-state index in [9.17, 15) is 9.59 Å². The van der Waals surface area contributed by atoms with Crippen molar-refractivity contribution < 1.29 is 14.7 Å². The SMILES string of the molecule is CC(C)N(CCC(=O)O)C(=O)Cc1cn2ccsc2n1. The molecular formula is C13H17N3O3S. The largest absolute Gasteiger partial charge is 0.481 e. The predicted molar refractivity (Wildman–Crippen MR) is 75.9 cm³/mol. The van der Waals surface area contributed by atoms with Gasteiger partial charge in [0.1, 0.15) is 0 Å². The second-order valence-electron chi connectivity index (χ2n) is 4.83. The van der Waals surface area contributed by atoms with Gasteiger partial charge in [0.05, 0.1) is 18.5 Å². The lowest BCUT2D eigenvalue weighted by atomic mass is 10.2. The van der Waals surface area contributed by atoms with Gasteiger partial charge in [0.2, 0.25) is 5.91 Å². The summed E-state index contributed by atoms with van der Waals surface area (Å²) in [5, 5.41) is 10.7. The molecule has 1 N–H and O–H groups in total. The number of hydrogen-bond donors (Lipinski definition) is 1. The van der Waals surface area contributed by atoms with E-state index in [4.69, 9.17) is 5.11 Å². The number of aromatic nitrogens is 2. The molecule has 2 heterocycles. The van der Waals surface area contributed by atoms with E-state index < -0.39 is 5.97 Å². The van der Waals surface area contributed by atoms with Crippen molar-refractivity contribution in [2.24, 2.45) is 0 Å². The summed E-state index contributed by atoms with van der Waals surface area (Å²) >= 11 is 1.51. The van der Waals surface area contributed by atoms with E-state index in [1.54, 1.807) is 4.90 Å². The summed E-state index contributed by atoms with van der Waals surface area (Å²) in [7, 11) is 0. The smallest absolute Gasteiger partial charge is 0.305 e. The molecule has 0 bridgehead atoms. The molecule has 2 aromatic heterocycles. The lowest BCUT2D eigenvalue weighted by molar-refractivity contribution is -0.139. The molecule has 0 radical (unpaired) electrons. The molecule has 2 aromatic rings. The Kier molecular flexibility index (Phi) is 4.39. The third-order valence-electron chi connectivity index (χ3n) is 2.99. The maximum atomic E-state index is 12.3. The number of thiazole rings is 1. The summed E-state index contributed by atoms with van der Waals surface area (Å²) in [5.74, 6) is -0.988. The first-order valence-electron chi connectivity index (χ1n) is 6.39. The maximum Gasteiger partial charge on any atom is 0.305 e. The van der Waals surface area contributed by atoms with Gasteiger partial charge in [-0.1, -0.05) is 0 Å². The molecule has 2 rings (SSSR count).